The van der Waals surface area contributed by atoms with Crippen molar-refractivity contribution in [3.63, 3.8) is 0 Å². The molecule has 0 aliphatic rings. The smallest absolute Gasteiger partial charge is 0.0406 e. The summed E-state index contributed by atoms with van der Waals surface area (Å²) in [6.07, 6.45) is 0. The van der Waals surface area contributed by atoms with Crippen LogP contribution < -0.4 is 0 Å². The van der Waals surface area contributed by atoms with Gasteiger partial charge in [-0.2, -0.15) is 0 Å². The van der Waals surface area contributed by atoms with Gasteiger partial charge in [0.05, 0.1) is 0 Å². The minimum absolute atomic E-state index is 0.759. The summed E-state index contributed by atoms with van der Waals surface area (Å²) >= 11 is 6.00. The highest BCUT2D eigenvalue weighted by molar-refractivity contribution is 6.30. The van der Waals surface area contributed by atoms with E-state index in [4.69, 9.17) is 11.6 Å². The van der Waals surface area contributed by atoms with E-state index < -0.39 is 0 Å². The molecule has 0 N–H and O–H groups in total. The maximum absolute atomic E-state index is 6.00. The van der Waals surface area contributed by atoms with Crippen molar-refractivity contribution in [1.29, 1.82) is 0 Å². The van der Waals surface area contributed by atoms with Gasteiger partial charge in [-0.1, -0.05) is 127 Å². The van der Waals surface area contributed by atoms with Crippen LogP contribution in [0.25, 0.3) is 44.5 Å². The second-order valence-corrected chi connectivity index (χ2v) is 8.04. The molecule has 0 spiro atoms. The van der Waals surface area contributed by atoms with Crippen LogP contribution in [-0.2, 0) is 0 Å². The Bertz CT molecular complexity index is 1270. The first-order chi connectivity index (χ1) is 15.3. The van der Waals surface area contributed by atoms with Crippen molar-refractivity contribution in [3.05, 3.63) is 132 Å². The zero-order valence-corrected chi connectivity index (χ0v) is 17.8. The van der Waals surface area contributed by atoms with Crippen molar-refractivity contribution in [1.82, 2.24) is 0 Å². The summed E-state index contributed by atoms with van der Waals surface area (Å²) in [4.78, 5) is 0. The summed E-state index contributed by atoms with van der Waals surface area (Å²) in [6, 6.07) is 44.6. The molecule has 0 aromatic heterocycles. The van der Waals surface area contributed by atoms with E-state index in [-0.39, 0.29) is 0 Å². The summed E-state index contributed by atoms with van der Waals surface area (Å²) in [5.74, 6) is 0. The van der Waals surface area contributed by atoms with E-state index in [0.29, 0.717) is 0 Å². The highest BCUT2D eigenvalue weighted by Crippen LogP contribution is 2.29. The maximum atomic E-state index is 6.00. The third kappa shape index (κ3) is 4.30. The lowest BCUT2D eigenvalue weighted by atomic mass is 9.97. The molecule has 0 atom stereocenters. The van der Waals surface area contributed by atoms with Gasteiger partial charge in [-0.05, 0) is 56.6 Å². The summed E-state index contributed by atoms with van der Waals surface area (Å²) in [5.41, 5.74) is 9.72. The first kappa shape index (κ1) is 19.4. The fraction of sp³-hybridized carbons (Fsp3) is 0. The van der Waals surface area contributed by atoms with E-state index in [9.17, 15) is 0 Å². The monoisotopic (exact) mass is 416 g/mol. The van der Waals surface area contributed by atoms with Gasteiger partial charge >= 0.3 is 0 Å². The van der Waals surface area contributed by atoms with Crippen LogP contribution in [0.3, 0.4) is 0 Å². The number of rotatable bonds is 4. The van der Waals surface area contributed by atoms with Crippen LogP contribution in [0, 0.1) is 0 Å². The Balaban J connectivity index is 1.34. The molecule has 0 saturated carbocycles. The molecule has 0 nitrogen and oxygen atoms in total. The van der Waals surface area contributed by atoms with E-state index in [0.717, 1.165) is 5.02 Å². The highest BCUT2D eigenvalue weighted by Gasteiger charge is 2.03. The molecular weight excluding hydrogens is 396 g/mol. The molecule has 5 rings (SSSR count). The predicted octanol–water partition coefficient (Wildman–Crippen LogP) is 9.01. The lowest BCUT2D eigenvalue weighted by molar-refractivity contribution is 1.57. The molecule has 5 aromatic rings. The van der Waals surface area contributed by atoms with Gasteiger partial charge in [-0.15, -0.1) is 0 Å². The second kappa shape index (κ2) is 8.63. The van der Waals surface area contributed by atoms with Crippen LogP contribution in [0.15, 0.2) is 127 Å². The topological polar surface area (TPSA) is 0 Å². The Hall–Kier alpha value is -3.61. The van der Waals surface area contributed by atoms with Crippen LogP contribution >= 0.6 is 11.6 Å². The van der Waals surface area contributed by atoms with Crippen LogP contribution in [0.1, 0.15) is 0 Å². The SMILES string of the molecule is Clc1ccc(-c2ccc(-c3ccc(-c4ccc(-c5ccccc5)cc4)cc3)cc2)cc1. The fourth-order valence-electron chi connectivity index (χ4n) is 3.84. The minimum Gasteiger partial charge on any atom is -0.0843 e. The first-order valence-electron chi connectivity index (χ1n) is 10.4. The molecule has 0 aliphatic carbocycles. The van der Waals surface area contributed by atoms with Crippen LogP contribution in [0.2, 0.25) is 5.02 Å². The van der Waals surface area contributed by atoms with Gasteiger partial charge in [0.15, 0.2) is 0 Å². The normalized spacial score (nSPS) is 10.7. The molecule has 0 fully saturated rings. The van der Waals surface area contributed by atoms with Gasteiger partial charge in [0.25, 0.3) is 0 Å². The predicted molar refractivity (Wildman–Crippen MR) is 133 cm³/mol. The van der Waals surface area contributed by atoms with Crippen LogP contribution in [0.5, 0.6) is 0 Å². The second-order valence-electron chi connectivity index (χ2n) is 7.60. The zero-order valence-electron chi connectivity index (χ0n) is 17.0. The quantitative estimate of drug-likeness (QED) is 0.274. The van der Waals surface area contributed by atoms with Crippen molar-refractivity contribution in [2.24, 2.45) is 0 Å². The summed E-state index contributed by atoms with van der Waals surface area (Å²) in [7, 11) is 0. The number of benzene rings is 5. The van der Waals surface area contributed by atoms with E-state index in [1.165, 1.54) is 44.5 Å². The lowest BCUT2D eigenvalue weighted by Gasteiger charge is -2.08. The largest absolute Gasteiger partial charge is 0.0843 e. The van der Waals surface area contributed by atoms with E-state index in [1.807, 2.05) is 18.2 Å². The van der Waals surface area contributed by atoms with E-state index >= 15 is 0 Å². The molecule has 148 valence electrons. The van der Waals surface area contributed by atoms with Crippen molar-refractivity contribution in [2.75, 3.05) is 0 Å². The maximum Gasteiger partial charge on any atom is 0.0406 e. The molecule has 0 unspecified atom stereocenters. The van der Waals surface area contributed by atoms with Gasteiger partial charge in [0.2, 0.25) is 0 Å². The van der Waals surface area contributed by atoms with E-state index in [2.05, 4.69) is 109 Å². The summed E-state index contributed by atoms with van der Waals surface area (Å²) in [6.45, 7) is 0. The van der Waals surface area contributed by atoms with Gasteiger partial charge < -0.3 is 0 Å². The molecule has 0 bridgehead atoms. The molecule has 0 heterocycles. The number of hydrogen-bond acceptors (Lipinski definition) is 0. The van der Waals surface area contributed by atoms with Gasteiger partial charge in [0.1, 0.15) is 0 Å². The Kier molecular flexibility index (Phi) is 5.39. The molecule has 0 saturated heterocycles. The van der Waals surface area contributed by atoms with Crippen LogP contribution in [-0.4, -0.2) is 0 Å². The first-order valence-corrected chi connectivity index (χ1v) is 10.8. The van der Waals surface area contributed by atoms with Gasteiger partial charge in [0, 0.05) is 5.02 Å². The van der Waals surface area contributed by atoms with Crippen LogP contribution in [0.4, 0.5) is 0 Å². The molecule has 0 amide bonds. The van der Waals surface area contributed by atoms with Gasteiger partial charge in [-0.25, -0.2) is 0 Å². The Labute approximate surface area is 188 Å². The third-order valence-electron chi connectivity index (χ3n) is 5.61. The molecule has 31 heavy (non-hydrogen) atoms. The average Bonchev–Trinajstić information content (AvgIpc) is 2.85. The number of hydrogen-bond donors (Lipinski definition) is 0. The Morgan fingerprint density at radius 3 is 0.774 bits per heavy atom. The average molecular weight is 417 g/mol. The fourth-order valence-corrected chi connectivity index (χ4v) is 3.96. The van der Waals surface area contributed by atoms with Crippen molar-refractivity contribution in [2.45, 2.75) is 0 Å². The van der Waals surface area contributed by atoms with E-state index in [1.54, 1.807) is 0 Å². The molecule has 0 aliphatic heterocycles. The standard InChI is InChI=1S/C30H21Cl/c31-30-20-18-29(19-21-30)28-16-14-27(15-17-28)26-12-10-25(11-13-26)24-8-6-23(7-9-24)22-4-2-1-3-5-22/h1-21H. The molecule has 1 heteroatoms. The molecular formula is C30H21Cl. The minimum atomic E-state index is 0.759. The lowest BCUT2D eigenvalue weighted by Crippen LogP contribution is -1.83. The summed E-state index contributed by atoms with van der Waals surface area (Å²) < 4.78 is 0. The van der Waals surface area contributed by atoms with Crippen molar-refractivity contribution < 1.29 is 0 Å². The molecule has 0 radical (unpaired) electrons. The highest BCUT2D eigenvalue weighted by atomic mass is 35.5. The van der Waals surface area contributed by atoms with Gasteiger partial charge in [-0.3, -0.25) is 0 Å². The zero-order chi connectivity index (χ0) is 21.0. The molecule has 5 aromatic carbocycles. The Morgan fingerprint density at radius 2 is 0.484 bits per heavy atom. The van der Waals surface area contributed by atoms with Crippen molar-refractivity contribution >= 4 is 11.6 Å². The third-order valence-corrected chi connectivity index (χ3v) is 5.86. The number of halogens is 1. The Morgan fingerprint density at radius 1 is 0.258 bits per heavy atom. The summed E-state index contributed by atoms with van der Waals surface area (Å²) in [5, 5.41) is 0.759. The van der Waals surface area contributed by atoms with Crippen molar-refractivity contribution in [3.8, 4) is 44.5 Å².